The van der Waals surface area contributed by atoms with Gasteiger partial charge in [0.1, 0.15) is 0 Å². The van der Waals surface area contributed by atoms with Crippen LogP contribution in [0.2, 0.25) is 0 Å². The first-order valence-electron chi connectivity index (χ1n) is 4.83. The number of methoxy groups -OCH3 is 1. The molecule has 1 aromatic heterocycles. The molecule has 0 aliphatic carbocycles. The highest BCUT2D eigenvalue weighted by atomic mass is 32.1. The number of thiazole rings is 1. The highest BCUT2D eigenvalue weighted by Crippen LogP contribution is 2.24. The van der Waals surface area contributed by atoms with Crippen molar-refractivity contribution in [2.24, 2.45) is 0 Å². The lowest BCUT2D eigenvalue weighted by Gasteiger charge is -2.24. The Bertz CT molecular complexity index is 387. The number of hydrogen-bond donors (Lipinski definition) is 2. The molecule has 0 aromatic carbocycles. The van der Waals surface area contributed by atoms with Gasteiger partial charge in [0, 0.05) is 12.0 Å². The Kier molecular flexibility index (Phi) is 3.88. The number of hydrogen-bond acceptors (Lipinski definition) is 5. The van der Waals surface area contributed by atoms with Gasteiger partial charge in [-0.15, -0.1) is 11.3 Å². The zero-order valence-corrected chi connectivity index (χ0v) is 10.6. The SMILES string of the molecule is COCC(C)(C)Nc1nc(C(=O)O)c(C)s1. The molecule has 1 aromatic rings. The second-order valence-corrected chi connectivity index (χ2v) is 5.37. The van der Waals surface area contributed by atoms with E-state index in [1.807, 2.05) is 13.8 Å². The van der Waals surface area contributed by atoms with Crippen LogP contribution in [0.4, 0.5) is 5.13 Å². The summed E-state index contributed by atoms with van der Waals surface area (Å²) in [5.41, 5.74) is -0.157. The maximum atomic E-state index is 10.8. The number of carboxylic acids is 1. The van der Waals surface area contributed by atoms with Crippen LogP contribution in [0.25, 0.3) is 0 Å². The molecule has 0 aliphatic heterocycles. The zero-order chi connectivity index (χ0) is 12.3. The molecule has 5 nitrogen and oxygen atoms in total. The first-order valence-corrected chi connectivity index (χ1v) is 5.65. The van der Waals surface area contributed by atoms with Crippen molar-refractivity contribution in [3.63, 3.8) is 0 Å². The molecule has 16 heavy (non-hydrogen) atoms. The Morgan fingerprint density at radius 3 is 2.69 bits per heavy atom. The molecule has 2 N–H and O–H groups in total. The van der Waals surface area contributed by atoms with Crippen LogP contribution in [-0.4, -0.2) is 35.3 Å². The normalized spacial score (nSPS) is 11.5. The van der Waals surface area contributed by atoms with Gasteiger partial charge in [0.2, 0.25) is 0 Å². The van der Waals surface area contributed by atoms with Crippen molar-refractivity contribution in [1.29, 1.82) is 0 Å². The molecular formula is C10H16N2O3S. The Balaban J connectivity index is 2.82. The predicted molar refractivity (Wildman–Crippen MR) is 63.4 cm³/mol. The van der Waals surface area contributed by atoms with E-state index in [1.54, 1.807) is 14.0 Å². The molecule has 0 saturated heterocycles. The van der Waals surface area contributed by atoms with Crippen molar-refractivity contribution >= 4 is 22.4 Å². The van der Waals surface area contributed by atoms with Crippen LogP contribution in [0.3, 0.4) is 0 Å². The quantitative estimate of drug-likeness (QED) is 0.828. The maximum absolute atomic E-state index is 10.8. The first kappa shape index (κ1) is 12.9. The Morgan fingerprint density at radius 2 is 2.25 bits per heavy atom. The van der Waals surface area contributed by atoms with Gasteiger partial charge in [0.25, 0.3) is 0 Å². The van der Waals surface area contributed by atoms with E-state index in [-0.39, 0.29) is 11.2 Å². The van der Waals surface area contributed by atoms with E-state index in [1.165, 1.54) is 11.3 Å². The largest absolute Gasteiger partial charge is 0.476 e. The Hall–Kier alpha value is -1.14. The third-order valence-corrected chi connectivity index (χ3v) is 2.84. The van der Waals surface area contributed by atoms with Crippen LogP contribution in [0, 0.1) is 6.92 Å². The Labute approximate surface area is 98.5 Å². The van der Waals surface area contributed by atoms with Crippen molar-refractivity contribution < 1.29 is 14.6 Å². The molecule has 1 heterocycles. The van der Waals surface area contributed by atoms with Crippen molar-refractivity contribution in [1.82, 2.24) is 4.98 Å². The minimum absolute atomic E-state index is 0.112. The standard InChI is InChI=1S/C10H16N2O3S/c1-6-7(8(13)14)11-9(16-6)12-10(2,3)5-15-4/h5H2,1-4H3,(H,11,12)(H,13,14). The minimum Gasteiger partial charge on any atom is -0.476 e. The molecule has 1 rings (SSSR count). The first-order chi connectivity index (χ1) is 7.35. The number of aromatic nitrogens is 1. The van der Waals surface area contributed by atoms with Gasteiger partial charge in [-0.1, -0.05) is 0 Å². The molecule has 0 spiro atoms. The van der Waals surface area contributed by atoms with E-state index >= 15 is 0 Å². The summed E-state index contributed by atoms with van der Waals surface area (Å²) in [4.78, 5) is 15.5. The Morgan fingerprint density at radius 1 is 1.62 bits per heavy atom. The molecule has 0 fully saturated rings. The van der Waals surface area contributed by atoms with E-state index in [4.69, 9.17) is 9.84 Å². The molecule has 0 atom stereocenters. The number of nitrogens with one attached hydrogen (secondary N) is 1. The van der Waals surface area contributed by atoms with E-state index < -0.39 is 5.97 Å². The fourth-order valence-corrected chi connectivity index (χ4v) is 2.32. The van der Waals surface area contributed by atoms with Crippen molar-refractivity contribution in [3.05, 3.63) is 10.6 Å². The predicted octanol–water partition coefficient (Wildman–Crippen LogP) is 1.99. The third kappa shape index (κ3) is 3.18. The van der Waals surface area contributed by atoms with E-state index in [9.17, 15) is 4.79 Å². The summed E-state index contributed by atoms with van der Waals surface area (Å²) in [5.74, 6) is -0.994. The number of anilines is 1. The average Bonchev–Trinajstić information content (AvgIpc) is 2.45. The molecular weight excluding hydrogens is 228 g/mol. The van der Waals surface area contributed by atoms with Crippen LogP contribution in [-0.2, 0) is 4.74 Å². The van der Waals surface area contributed by atoms with Gasteiger partial charge in [0.15, 0.2) is 10.8 Å². The van der Waals surface area contributed by atoms with Gasteiger partial charge in [-0.3, -0.25) is 0 Å². The average molecular weight is 244 g/mol. The zero-order valence-electron chi connectivity index (χ0n) is 9.83. The summed E-state index contributed by atoms with van der Waals surface area (Å²) < 4.78 is 5.06. The van der Waals surface area contributed by atoms with Crippen molar-refractivity contribution in [2.75, 3.05) is 19.0 Å². The number of rotatable bonds is 5. The van der Waals surface area contributed by atoms with Gasteiger partial charge in [-0.05, 0) is 20.8 Å². The lowest BCUT2D eigenvalue weighted by molar-refractivity contribution is 0.0690. The van der Waals surface area contributed by atoms with Crippen molar-refractivity contribution in [3.8, 4) is 0 Å². The maximum Gasteiger partial charge on any atom is 0.355 e. The van der Waals surface area contributed by atoms with E-state index in [2.05, 4.69) is 10.3 Å². The van der Waals surface area contributed by atoms with Gasteiger partial charge >= 0.3 is 5.97 Å². The van der Waals surface area contributed by atoms with Crippen LogP contribution >= 0.6 is 11.3 Å². The van der Waals surface area contributed by atoms with E-state index in [0.717, 1.165) is 0 Å². The number of aromatic carboxylic acids is 1. The summed E-state index contributed by atoms with van der Waals surface area (Å²) in [7, 11) is 1.62. The highest BCUT2D eigenvalue weighted by molar-refractivity contribution is 7.15. The number of carbonyl (C=O) groups is 1. The van der Waals surface area contributed by atoms with Gasteiger partial charge in [-0.25, -0.2) is 9.78 Å². The fraction of sp³-hybridized carbons (Fsp3) is 0.600. The van der Waals surface area contributed by atoms with Crippen LogP contribution in [0.5, 0.6) is 0 Å². The van der Waals surface area contributed by atoms with Crippen LogP contribution < -0.4 is 5.32 Å². The fourth-order valence-electron chi connectivity index (χ4n) is 1.33. The van der Waals surface area contributed by atoms with Crippen molar-refractivity contribution in [2.45, 2.75) is 26.3 Å². The molecule has 0 radical (unpaired) electrons. The molecule has 0 aliphatic rings. The molecule has 0 unspecified atom stereocenters. The molecule has 90 valence electrons. The lowest BCUT2D eigenvalue weighted by Crippen LogP contribution is -2.35. The van der Waals surface area contributed by atoms with E-state index in [0.29, 0.717) is 16.6 Å². The van der Waals surface area contributed by atoms with Gasteiger partial charge in [0.05, 0.1) is 12.1 Å². The van der Waals surface area contributed by atoms with Gasteiger partial charge in [-0.2, -0.15) is 0 Å². The summed E-state index contributed by atoms with van der Waals surface area (Å²) in [5, 5.41) is 12.6. The minimum atomic E-state index is -0.994. The second-order valence-electron chi connectivity index (χ2n) is 4.17. The van der Waals surface area contributed by atoms with Crippen LogP contribution in [0.1, 0.15) is 29.2 Å². The van der Waals surface area contributed by atoms with Crippen LogP contribution in [0.15, 0.2) is 0 Å². The van der Waals surface area contributed by atoms with Gasteiger partial charge < -0.3 is 15.2 Å². The number of nitrogens with zero attached hydrogens (tertiary/aromatic N) is 1. The molecule has 6 heteroatoms. The molecule has 0 amide bonds. The third-order valence-electron chi connectivity index (χ3n) is 1.95. The topological polar surface area (TPSA) is 71.5 Å². The molecule has 0 bridgehead atoms. The number of aryl methyl sites for hydroxylation is 1. The monoisotopic (exact) mass is 244 g/mol. The summed E-state index contributed by atoms with van der Waals surface area (Å²) >= 11 is 1.34. The number of ether oxygens (including phenoxy) is 1. The summed E-state index contributed by atoms with van der Waals surface area (Å²) in [6, 6.07) is 0. The summed E-state index contributed by atoms with van der Waals surface area (Å²) in [6.07, 6.45) is 0. The highest BCUT2D eigenvalue weighted by Gasteiger charge is 2.21. The smallest absolute Gasteiger partial charge is 0.355 e. The lowest BCUT2D eigenvalue weighted by atomic mass is 10.1. The number of carboxylic acid groups (broad SMARTS) is 1. The molecule has 0 saturated carbocycles. The second kappa shape index (κ2) is 4.80. The summed E-state index contributed by atoms with van der Waals surface area (Å²) in [6.45, 7) is 6.20.